The van der Waals surface area contributed by atoms with Gasteiger partial charge in [0.25, 0.3) is 0 Å². The molecule has 10 nitrogen and oxygen atoms in total. The van der Waals surface area contributed by atoms with Crippen LogP contribution in [0.2, 0.25) is 5.02 Å². The van der Waals surface area contributed by atoms with Crippen LogP contribution in [0.3, 0.4) is 0 Å². The lowest BCUT2D eigenvalue weighted by Crippen LogP contribution is -2.39. The van der Waals surface area contributed by atoms with E-state index in [1.165, 1.54) is 32.3 Å². The number of carbonyl (C=O) groups excluding carboxylic acids is 4. The number of hydrogen-bond donors (Lipinski definition) is 1. The van der Waals surface area contributed by atoms with Crippen LogP contribution in [-0.4, -0.2) is 73.5 Å². The number of benzene rings is 1. The second-order valence-corrected chi connectivity index (χ2v) is 9.02. The fourth-order valence-electron chi connectivity index (χ4n) is 2.51. The summed E-state index contributed by atoms with van der Waals surface area (Å²) in [7, 11) is -1.05. The van der Waals surface area contributed by atoms with Gasteiger partial charge in [-0.25, -0.2) is 22.4 Å². The third-order valence-electron chi connectivity index (χ3n) is 4.16. The minimum atomic E-state index is -3.76. The Labute approximate surface area is 173 Å². The fourth-order valence-corrected chi connectivity index (χ4v) is 3.60. The molecule has 0 aliphatic carbocycles. The van der Waals surface area contributed by atoms with Crippen LogP contribution < -0.4 is 5.32 Å². The van der Waals surface area contributed by atoms with Crippen molar-refractivity contribution in [2.45, 2.75) is 24.7 Å². The van der Waals surface area contributed by atoms with Gasteiger partial charge in [-0.05, 0) is 24.6 Å². The van der Waals surface area contributed by atoms with E-state index in [0.29, 0.717) is 11.3 Å². The van der Waals surface area contributed by atoms with Gasteiger partial charge in [-0.3, -0.25) is 19.3 Å². The lowest BCUT2D eigenvalue weighted by Gasteiger charge is -2.16. The van der Waals surface area contributed by atoms with Gasteiger partial charge in [0.15, 0.2) is 0 Å². The molecule has 29 heavy (non-hydrogen) atoms. The summed E-state index contributed by atoms with van der Waals surface area (Å²) in [5.74, 6) is -2.87. The molecule has 1 aliphatic rings. The van der Waals surface area contributed by atoms with Gasteiger partial charge in [0.05, 0.1) is 15.6 Å². The van der Waals surface area contributed by atoms with Gasteiger partial charge < -0.3 is 5.32 Å². The van der Waals surface area contributed by atoms with Crippen LogP contribution in [-0.2, 0) is 24.4 Å². The van der Waals surface area contributed by atoms with Crippen molar-refractivity contribution in [2.75, 3.05) is 32.5 Å². The van der Waals surface area contributed by atoms with Crippen LogP contribution in [0.4, 0.5) is 10.5 Å². The fraction of sp³-hybridized carbons (Fsp3) is 0.412. The highest BCUT2D eigenvalue weighted by Gasteiger charge is 2.44. The monoisotopic (exact) mass is 444 g/mol. The molecule has 1 aromatic rings. The Morgan fingerprint density at radius 3 is 2.34 bits per heavy atom. The van der Waals surface area contributed by atoms with E-state index in [1.54, 1.807) is 0 Å². The number of amides is 5. The standard InChI is InChI=1S/C17H21ClN4O6S/c1-4-5-8-21-15(24)16(25)22(17(21)26)10-14(23)19-13-9-11(6-7-12(13)18)29(27,28)20(2)3/h6-7,9H,4-5,8,10H2,1-3H3,(H,19,23). The maximum absolute atomic E-state index is 12.3. The first kappa shape index (κ1) is 22.8. The number of unbranched alkanes of at least 4 members (excludes halogenated alkanes) is 1. The second-order valence-electron chi connectivity index (χ2n) is 6.46. The summed E-state index contributed by atoms with van der Waals surface area (Å²) in [6.45, 7) is 1.26. The average molecular weight is 445 g/mol. The lowest BCUT2D eigenvalue weighted by molar-refractivity contribution is -0.143. The maximum atomic E-state index is 12.3. The van der Waals surface area contributed by atoms with Crippen molar-refractivity contribution in [3.8, 4) is 0 Å². The number of sulfonamides is 1. The third-order valence-corrected chi connectivity index (χ3v) is 6.30. The van der Waals surface area contributed by atoms with E-state index >= 15 is 0 Å². The van der Waals surface area contributed by atoms with Crippen molar-refractivity contribution in [1.29, 1.82) is 0 Å². The van der Waals surface area contributed by atoms with E-state index in [0.717, 1.165) is 15.6 Å². The summed E-state index contributed by atoms with van der Waals surface area (Å²) in [6, 6.07) is 2.89. The number of carbonyl (C=O) groups is 4. The van der Waals surface area contributed by atoms with Crippen molar-refractivity contribution in [1.82, 2.24) is 14.1 Å². The Balaban J connectivity index is 2.16. The zero-order chi connectivity index (χ0) is 21.9. The Bertz CT molecular complexity index is 963. The Kier molecular flexibility index (Phi) is 6.98. The highest BCUT2D eigenvalue weighted by Crippen LogP contribution is 2.26. The van der Waals surface area contributed by atoms with Gasteiger partial charge in [-0.15, -0.1) is 0 Å². The quantitative estimate of drug-likeness (QED) is 0.473. The molecule has 1 fully saturated rings. The van der Waals surface area contributed by atoms with E-state index < -0.39 is 40.3 Å². The van der Waals surface area contributed by atoms with E-state index in [9.17, 15) is 27.6 Å². The van der Waals surface area contributed by atoms with Gasteiger partial charge in [0.1, 0.15) is 6.54 Å². The predicted octanol–water partition coefficient (Wildman–Crippen LogP) is 1.12. The molecule has 0 saturated carbocycles. The molecular formula is C17H21ClN4O6S. The number of hydrogen-bond acceptors (Lipinski definition) is 6. The minimum absolute atomic E-state index is 0.00662. The van der Waals surface area contributed by atoms with E-state index in [2.05, 4.69) is 5.32 Å². The lowest BCUT2D eigenvalue weighted by atomic mass is 10.3. The zero-order valence-electron chi connectivity index (χ0n) is 16.1. The SMILES string of the molecule is CCCCN1C(=O)C(=O)N(CC(=O)Nc2cc(S(=O)(=O)N(C)C)ccc2Cl)C1=O. The summed E-state index contributed by atoms with van der Waals surface area (Å²) >= 11 is 6.01. The van der Waals surface area contributed by atoms with E-state index in [1.807, 2.05) is 6.92 Å². The van der Waals surface area contributed by atoms with Crippen molar-refractivity contribution >= 4 is 51.1 Å². The molecule has 12 heteroatoms. The smallest absolute Gasteiger partial charge is 0.323 e. The summed E-state index contributed by atoms with van der Waals surface area (Å²) in [5.41, 5.74) is -0.00662. The van der Waals surface area contributed by atoms with Crippen molar-refractivity contribution < 1.29 is 27.6 Å². The van der Waals surface area contributed by atoms with Crippen LogP contribution in [0.5, 0.6) is 0 Å². The largest absolute Gasteiger partial charge is 0.334 e. The molecule has 1 saturated heterocycles. The van der Waals surface area contributed by atoms with Gasteiger partial charge in [0, 0.05) is 20.6 Å². The molecule has 0 spiro atoms. The third kappa shape index (κ3) is 4.74. The highest BCUT2D eigenvalue weighted by molar-refractivity contribution is 7.89. The Hall–Kier alpha value is -2.50. The van der Waals surface area contributed by atoms with Gasteiger partial charge in [-0.2, -0.15) is 0 Å². The number of halogens is 1. The number of nitrogens with zero attached hydrogens (tertiary/aromatic N) is 3. The summed E-state index contributed by atoms with van der Waals surface area (Å²) < 4.78 is 25.5. The number of imide groups is 2. The molecule has 0 bridgehead atoms. The van der Waals surface area contributed by atoms with Gasteiger partial charge in [-0.1, -0.05) is 24.9 Å². The first-order valence-electron chi connectivity index (χ1n) is 8.70. The molecule has 0 atom stereocenters. The molecule has 0 radical (unpaired) electrons. The van der Waals surface area contributed by atoms with Crippen LogP contribution in [0, 0.1) is 0 Å². The van der Waals surface area contributed by atoms with Crippen LogP contribution in [0.1, 0.15) is 19.8 Å². The van der Waals surface area contributed by atoms with E-state index in [4.69, 9.17) is 11.6 Å². The first-order chi connectivity index (χ1) is 13.5. The van der Waals surface area contributed by atoms with Crippen molar-refractivity contribution in [2.24, 2.45) is 0 Å². The molecule has 1 heterocycles. The van der Waals surface area contributed by atoms with Crippen molar-refractivity contribution in [3.05, 3.63) is 23.2 Å². The molecule has 5 amide bonds. The molecule has 1 aliphatic heterocycles. The van der Waals surface area contributed by atoms with Gasteiger partial charge in [0.2, 0.25) is 15.9 Å². The summed E-state index contributed by atoms with van der Waals surface area (Å²) in [5, 5.41) is 2.44. The average Bonchev–Trinajstić information content (AvgIpc) is 2.85. The molecule has 158 valence electrons. The second kappa shape index (κ2) is 8.89. The zero-order valence-corrected chi connectivity index (χ0v) is 17.7. The van der Waals surface area contributed by atoms with E-state index in [-0.39, 0.29) is 22.2 Å². The molecule has 0 unspecified atom stereocenters. The molecular weight excluding hydrogens is 424 g/mol. The number of rotatable bonds is 8. The van der Waals surface area contributed by atoms with Gasteiger partial charge >= 0.3 is 17.8 Å². The normalized spacial score (nSPS) is 14.9. The predicted molar refractivity (Wildman–Crippen MR) is 105 cm³/mol. The van der Waals surface area contributed by atoms with Crippen LogP contribution in [0.15, 0.2) is 23.1 Å². The molecule has 1 aromatic carbocycles. The summed E-state index contributed by atoms with van der Waals surface area (Å²) in [6.07, 6.45) is 1.25. The maximum Gasteiger partial charge on any atom is 0.334 e. The Morgan fingerprint density at radius 1 is 1.14 bits per heavy atom. The molecule has 2 rings (SSSR count). The highest BCUT2D eigenvalue weighted by atomic mass is 35.5. The van der Waals surface area contributed by atoms with Crippen molar-refractivity contribution in [3.63, 3.8) is 0 Å². The molecule has 0 aromatic heterocycles. The number of nitrogens with one attached hydrogen (secondary N) is 1. The summed E-state index contributed by atoms with van der Waals surface area (Å²) in [4.78, 5) is 49.8. The minimum Gasteiger partial charge on any atom is -0.323 e. The van der Waals surface area contributed by atoms with Crippen LogP contribution in [0.25, 0.3) is 0 Å². The van der Waals surface area contributed by atoms with Crippen LogP contribution >= 0.6 is 11.6 Å². The molecule has 1 N–H and O–H groups in total. The Morgan fingerprint density at radius 2 is 1.76 bits per heavy atom. The first-order valence-corrected chi connectivity index (χ1v) is 10.5. The topological polar surface area (TPSA) is 124 Å². The number of urea groups is 1. The number of anilines is 1.